The molecule has 1 heterocycles. The zero-order valence-electron chi connectivity index (χ0n) is 5.02. The summed E-state index contributed by atoms with van der Waals surface area (Å²) in [5, 5.41) is 4.49. The van der Waals surface area contributed by atoms with Gasteiger partial charge in [0.2, 0.25) is 5.09 Å². The van der Waals surface area contributed by atoms with Crippen molar-refractivity contribution in [3.8, 4) is 0 Å². The number of sulfonamides is 1. The van der Waals surface area contributed by atoms with Gasteiger partial charge in [0, 0.05) is 12.3 Å². The molecule has 10 heavy (non-hydrogen) atoms. The van der Waals surface area contributed by atoms with Gasteiger partial charge in [0.05, 0.1) is 0 Å². The van der Waals surface area contributed by atoms with Gasteiger partial charge in [-0.25, -0.2) is 13.6 Å². The number of primary sulfonamides is 1. The Morgan fingerprint density at radius 2 is 2.40 bits per heavy atom. The monoisotopic (exact) mass is 162 g/mol. The fourth-order valence-electron chi connectivity index (χ4n) is 0.483. The number of nitrogens with two attached hydrogens (primary N) is 1. The molecule has 0 saturated heterocycles. The lowest BCUT2D eigenvalue weighted by Gasteiger charge is -2.06. The molecule has 1 aliphatic heterocycles. The summed E-state index contributed by atoms with van der Waals surface area (Å²) in [7, 11) is -3.68. The van der Waals surface area contributed by atoms with E-state index in [4.69, 9.17) is 5.14 Å². The molecule has 5 nitrogen and oxygen atoms in total. The molecular formula is C4H6N2O3S. The molecule has 0 spiro atoms. The number of allylic oxidation sites excluding steroid dienone is 1. The fourth-order valence-corrected chi connectivity index (χ4v) is 0.950. The minimum atomic E-state index is -3.68. The molecule has 1 rings (SSSR count). The topological polar surface area (TPSA) is 81.8 Å². The van der Waals surface area contributed by atoms with Gasteiger partial charge in [0.25, 0.3) is 10.0 Å². The van der Waals surface area contributed by atoms with Crippen molar-refractivity contribution >= 4 is 16.2 Å². The summed E-state index contributed by atoms with van der Waals surface area (Å²) >= 11 is 0. The van der Waals surface area contributed by atoms with Crippen molar-refractivity contribution in [2.75, 3.05) is 6.73 Å². The van der Waals surface area contributed by atoms with Crippen LogP contribution in [0.15, 0.2) is 16.2 Å². The second-order valence-corrected chi connectivity index (χ2v) is 3.13. The predicted molar refractivity (Wildman–Crippen MR) is 35.6 cm³/mol. The molecule has 0 atom stereocenters. The number of aliphatic imine (C=N–C) groups is 1. The highest BCUT2D eigenvalue weighted by molar-refractivity contribution is 7.92. The van der Waals surface area contributed by atoms with Crippen molar-refractivity contribution < 1.29 is 13.2 Å². The third-order valence-corrected chi connectivity index (χ3v) is 1.69. The third-order valence-electron chi connectivity index (χ3n) is 0.878. The Bertz CT molecular complexity index is 277. The van der Waals surface area contributed by atoms with Crippen LogP contribution in [0.3, 0.4) is 0 Å². The van der Waals surface area contributed by atoms with Crippen LogP contribution in [0.5, 0.6) is 0 Å². The van der Waals surface area contributed by atoms with Gasteiger partial charge in [-0.2, -0.15) is 0 Å². The number of nitrogens with zero attached hydrogens (tertiary/aromatic N) is 1. The molecule has 6 heteroatoms. The Balaban J connectivity index is 2.93. The van der Waals surface area contributed by atoms with Crippen LogP contribution in [0.1, 0.15) is 0 Å². The van der Waals surface area contributed by atoms with E-state index in [0.717, 1.165) is 0 Å². The molecule has 56 valence electrons. The van der Waals surface area contributed by atoms with Gasteiger partial charge in [0.15, 0.2) is 6.73 Å². The SMILES string of the molecule is NS(=O)(=O)C1=CC=NCO1. The molecule has 0 amide bonds. The van der Waals surface area contributed by atoms with Crippen molar-refractivity contribution in [1.29, 1.82) is 0 Å². The quantitative estimate of drug-likeness (QED) is 0.546. The number of hydrogen-bond acceptors (Lipinski definition) is 4. The molecule has 0 saturated carbocycles. The zero-order valence-corrected chi connectivity index (χ0v) is 5.84. The van der Waals surface area contributed by atoms with E-state index in [0.29, 0.717) is 0 Å². The lowest BCUT2D eigenvalue weighted by Crippen LogP contribution is -2.18. The highest BCUT2D eigenvalue weighted by Gasteiger charge is 2.13. The van der Waals surface area contributed by atoms with Gasteiger partial charge in [-0.05, 0) is 0 Å². The summed E-state index contributed by atoms with van der Waals surface area (Å²) in [6.07, 6.45) is 2.54. The summed E-state index contributed by atoms with van der Waals surface area (Å²) in [5.41, 5.74) is 0. The maximum Gasteiger partial charge on any atom is 0.271 e. The lowest BCUT2D eigenvalue weighted by atomic mass is 10.6. The van der Waals surface area contributed by atoms with Crippen molar-refractivity contribution in [3.05, 3.63) is 11.2 Å². The molecule has 0 bridgehead atoms. The van der Waals surface area contributed by atoms with Crippen molar-refractivity contribution in [2.45, 2.75) is 0 Å². The molecule has 0 aromatic carbocycles. The zero-order chi connectivity index (χ0) is 7.61. The average molecular weight is 162 g/mol. The first-order valence-electron chi connectivity index (χ1n) is 2.46. The van der Waals surface area contributed by atoms with Gasteiger partial charge in [-0.3, -0.25) is 4.99 Å². The normalized spacial score (nSPS) is 17.9. The van der Waals surface area contributed by atoms with Crippen molar-refractivity contribution in [2.24, 2.45) is 10.1 Å². The van der Waals surface area contributed by atoms with Gasteiger partial charge < -0.3 is 4.74 Å². The van der Waals surface area contributed by atoms with Crippen LogP contribution >= 0.6 is 0 Å². The minimum absolute atomic E-state index is 0.0161. The van der Waals surface area contributed by atoms with Crippen LogP contribution in [0.25, 0.3) is 0 Å². The summed E-state index contributed by atoms with van der Waals surface area (Å²) in [6.45, 7) is 0.0161. The van der Waals surface area contributed by atoms with Crippen LogP contribution in [-0.2, 0) is 14.8 Å². The van der Waals surface area contributed by atoms with Gasteiger partial charge in [-0.15, -0.1) is 0 Å². The molecule has 0 aliphatic carbocycles. The summed E-state index contributed by atoms with van der Waals surface area (Å²) < 4.78 is 25.6. The lowest BCUT2D eigenvalue weighted by molar-refractivity contribution is 0.242. The Morgan fingerprint density at radius 3 is 2.70 bits per heavy atom. The smallest absolute Gasteiger partial charge is 0.271 e. The third kappa shape index (κ3) is 1.55. The van der Waals surface area contributed by atoms with Crippen LogP contribution in [0.4, 0.5) is 0 Å². The Hall–Kier alpha value is -0.880. The van der Waals surface area contributed by atoms with Crippen molar-refractivity contribution in [1.82, 2.24) is 0 Å². The number of rotatable bonds is 1. The van der Waals surface area contributed by atoms with Crippen LogP contribution in [0.2, 0.25) is 0 Å². The maximum absolute atomic E-state index is 10.5. The van der Waals surface area contributed by atoms with Gasteiger partial charge in [-0.1, -0.05) is 0 Å². The number of hydrogen-bond donors (Lipinski definition) is 1. The highest BCUT2D eigenvalue weighted by Crippen LogP contribution is 2.05. The molecular weight excluding hydrogens is 156 g/mol. The summed E-state index contributed by atoms with van der Waals surface area (Å²) in [6, 6.07) is 0. The average Bonchev–Trinajstić information content (AvgIpc) is 1.88. The molecule has 0 fully saturated rings. The standard InChI is InChI=1S/C4H6N2O3S/c5-10(7,8)4-1-2-6-3-9-4/h1-2H,3H2,(H2,5,7,8). The fraction of sp³-hybridized carbons (Fsp3) is 0.250. The summed E-state index contributed by atoms with van der Waals surface area (Å²) in [5.74, 6) is 0. The molecule has 0 radical (unpaired) electrons. The number of ether oxygens (including phenoxy) is 1. The van der Waals surface area contributed by atoms with E-state index in [1.54, 1.807) is 0 Å². The second kappa shape index (κ2) is 2.39. The van der Waals surface area contributed by atoms with E-state index in [1.807, 2.05) is 0 Å². The molecule has 2 N–H and O–H groups in total. The van der Waals surface area contributed by atoms with Gasteiger partial charge in [0.1, 0.15) is 0 Å². The largest absolute Gasteiger partial charge is 0.459 e. The first-order chi connectivity index (χ1) is 4.61. The molecule has 0 aromatic heterocycles. The van der Waals surface area contributed by atoms with E-state index < -0.39 is 10.0 Å². The van der Waals surface area contributed by atoms with E-state index in [1.165, 1.54) is 12.3 Å². The highest BCUT2D eigenvalue weighted by atomic mass is 32.2. The molecule has 1 aliphatic rings. The Kier molecular flexibility index (Phi) is 1.73. The Morgan fingerprint density at radius 1 is 1.70 bits per heavy atom. The minimum Gasteiger partial charge on any atom is -0.459 e. The van der Waals surface area contributed by atoms with E-state index >= 15 is 0 Å². The van der Waals surface area contributed by atoms with E-state index in [-0.39, 0.29) is 11.8 Å². The van der Waals surface area contributed by atoms with Crippen molar-refractivity contribution in [3.63, 3.8) is 0 Å². The molecule has 0 aromatic rings. The van der Waals surface area contributed by atoms with Crippen LogP contribution in [-0.4, -0.2) is 21.4 Å². The van der Waals surface area contributed by atoms with E-state index in [2.05, 4.69) is 9.73 Å². The maximum atomic E-state index is 10.5. The first kappa shape index (κ1) is 7.23. The molecule has 0 unspecified atom stereocenters. The van der Waals surface area contributed by atoms with Gasteiger partial charge >= 0.3 is 0 Å². The second-order valence-electron chi connectivity index (χ2n) is 1.64. The van der Waals surface area contributed by atoms with Crippen LogP contribution < -0.4 is 5.14 Å². The van der Waals surface area contributed by atoms with Crippen LogP contribution in [0, 0.1) is 0 Å². The summed E-state index contributed by atoms with van der Waals surface area (Å²) in [4.78, 5) is 3.60. The Labute approximate surface area is 58.2 Å². The first-order valence-corrected chi connectivity index (χ1v) is 4.01. The van der Waals surface area contributed by atoms with E-state index in [9.17, 15) is 8.42 Å². The predicted octanol–water partition coefficient (Wildman–Crippen LogP) is -0.825.